The highest BCUT2D eigenvalue weighted by Crippen LogP contribution is 2.30. The molecule has 0 saturated carbocycles. The van der Waals surface area contributed by atoms with Gasteiger partial charge in [0.1, 0.15) is 5.75 Å². The molecule has 0 atom stereocenters. The van der Waals surface area contributed by atoms with Gasteiger partial charge < -0.3 is 10.4 Å². The quantitative estimate of drug-likeness (QED) is 0.309. The van der Waals surface area contributed by atoms with E-state index in [9.17, 15) is 13.5 Å². The maximum absolute atomic E-state index is 13.2. The topological polar surface area (TPSA) is 91.3 Å². The zero-order valence-electron chi connectivity index (χ0n) is 18.2. The van der Waals surface area contributed by atoms with Gasteiger partial charge in [0.2, 0.25) is 10.0 Å². The van der Waals surface area contributed by atoms with Gasteiger partial charge in [-0.25, -0.2) is 13.1 Å². The van der Waals surface area contributed by atoms with Crippen LogP contribution in [0.25, 0.3) is 21.9 Å². The van der Waals surface area contributed by atoms with Gasteiger partial charge in [-0.1, -0.05) is 42.5 Å². The standard InChI is InChI=1S/C26H27N3O3S/c30-24-10-8-20(9-11-24)5-4-13-27-15-16-29-33(31,32)26-18-22(21-6-2-1-3-7-21)17-23-19-28-14-12-25(23)26/h1-3,6-12,14,17-19,27,29-30H,4-5,13,15-16H2. The summed E-state index contributed by atoms with van der Waals surface area (Å²) in [4.78, 5) is 4.42. The summed E-state index contributed by atoms with van der Waals surface area (Å²) in [7, 11) is -3.70. The van der Waals surface area contributed by atoms with Crippen molar-refractivity contribution >= 4 is 20.8 Å². The van der Waals surface area contributed by atoms with E-state index in [1.165, 1.54) is 0 Å². The molecule has 1 aromatic heterocycles. The number of hydrogen-bond acceptors (Lipinski definition) is 5. The van der Waals surface area contributed by atoms with Gasteiger partial charge in [0.05, 0.1) is 4.90 Å². The number of rotatable bonds is 10. The molecule has 6 nitrogen and oxygen atoms in total. The third-order valence-electron chi connectivity index (χ3n) is 5.46. The van der Waals surface area contributed by atoms with E-state index in [0.717, 1.165) is 41.5 Å². The fourth-order valence-electron chi connectivity index (χ4n) is 3.75. The smallest absolute Gasteiger partial charge is 0.241 e. The maximum atomic E-state index is 13.2. The van der Waals surface area contributed by atoms with E-state index >= 15 is 0 Å². The van der Waals surface area contributed by atoms with Crippen molar-refractivity contribution in [3.8, 4) is 16.9 Å². The van der Waals surface area contributed by atoms with Crippen LogP contribution in [0.15, 0.2) is 90.1 Å². The molecule has 0 unspecified atom stereocenters. The molecular weight excluding hydrogens is 434 g/mol. The third kappa shape index (κ3) is 5.96. The summed E-state index contributed by atoms with van der Waals surface area (Å²) in [5.41, 5.74) is 2.95. The first-order valence-corrected chi connectivity index (χ1v) is 12.4. The Morgan fingerprint density at radius 2 is 1.64 bits per heavy atom. The van der Waals surface area contributed by atoms with Crippen molar-refractivity contribution in [2.45, 2.75) is 17.7 Å². The van der Waals surface area contributed by atoms with E-state index < -0.39 is 10.0 Å². The number of aryl methyl sites for hydroxylation is 1. The van der Waals surface area contributed by atoms with Crippen molar-refractivity contribution in [1.29, 1.82) is 0 Å². The van der Waals surface area contributed by atoms with E-state index in [2.05, 4.69) is 15.0 Å². The predicted octanol–water partition coefficient (Wildman–Crippen LogP) is 4.11. The molecule has 0 radical (unpaired) electrons. The van der Waals surface area contributed by atoms with Crippen LogP contribution < -0.4 is 10.0 Å². The Bertz CT molecular complexity index is 1310. The monoisotopic (exact) mass is 461 g/mol. The molecule has 4 rings (SSSR count). The number of aromatic nitrogens is 1. The molecule has 7 heteroatoms. The number of hydrogen-bond donors (Lipinski definition) is 3. The largest absolute Gasteiger partial charge is 0.508 e. The Morgan fingerprint density at radius 1 is 0.848 bits per heavy atom. The molecule has 0 bridgehead atoms. The summed E-state index contributed by atoms with van der Waals surface area (Å²) in [5.74, 6) is 0.266. The van der Waals surface area contributed by atoms with E-state index in [-0.39, 0.29) is 10.6 Å². The Balaban J connectivity index is 1.37. The van der Waals surface area contributed by atoms with Gasteiger partial charge in [0.15, 0.2) is 0 Å². The van der Waals surface area contributed by atoms with E-state index in [1.807, 2.05) is 48.5 Å². The number of aromatic hydroxyl groups is 1. The van der Waals surface area contributed by atoms with Gasteiger partial charge in [0.25, 0.3) is 0 Å². The molecule has 0 fully saturated rings. The number of nitrogens with zero attached hydrogens (tertiary/aromatic N) is 1. The molecule has 0 spiro atoms. The Hall–Kier alpha value is -3.26. The van der Waals surface area contributed by atoms with Crippen LogP contribution in [0, 0.1) is 0 Å². The second-order valence-electron chi connectivity index (χ2n) is 7.85. The molecule has 0 saturated heterocycles. The molecule has 1 heterocycles. The number of nitrogens with one attached hydrogen (secondary N) is 2. The molecular formula is C26H27N3O3S. The lowest BCUT2D eigenvalue weighted by Crippen LogP contribution is -2.32. The highest BCUT2D eigenvalue weighted by Gasteiger charge is 2.18. The van der Waals surface area contributed by atoms with E-state index in [0.29, 0.717) is 18.5 Å². The molecule has 0 aliphatic rings. The van der Waals surface area contributed by atoms with Crippen molar-refractivity contribution in [1.82, 2.24) is 15.0 Å². The number of phenolic OH excluding ortho intramolecular Hbond substituents is 1. The van der Waals surface area contributed by atoms with Crippen LogP contribution in [-0.2, 0) is 16.4 Å². The zero-order chi connectivity index (χ0) is 23.1. The molecule has 0 aliphatic heterocycles. The Kier molecular flexibility index (Phi) is 7.34. The first kappa shape index (κ1) is 22.9. The van der Waals surface area contributed by atoms with Crippen molar-refractivity contribution in [2.75, 3.05) is 19.6 Å². The van der Waals surface area contributed by atoms with E-state index in [1.54, 1.807) is 36.7 Å². The lowest BCUT2D eigenvalue weighted by Gasteiger charge is -2.13. The fourth-order valence-corrected chi connectivity index (χ4v) is 5.03. The van der Waals surface area contributed by atoms with Gasteiger partial charge in [-0.05, 0) is 66.4 Å². The van der Waals surface area contributed by atoms with Crippen LogP contribution in [0.1, 0.15) is 12.0 Å². The number of phenols is 1. The summed E-state index contributed by atoms with van der Waals surface area (Å²) >= 11 is 0. The van der Waals surface area contributed by atoms with Gasteiger partial charge >= 0.3 is 0 Å². The minimum absolute atomic E-state index is 0.258. The predicted molar refractivity (Wildman–Crippen MR) is 132 cm³/mol. The van der Waals surface area contributed by atoms with Crippen LogP contribution in [0.3, 0.4) is 0 Å². The Labute approximate surface area is 194 Å². The molecule has 4 aromatic rings. The second kappa shape index (κ2) is 10.6. The zero-order valence-corrected chi connectivity index (χ0v) is 19.1. The average molecular weight is 462 g/mol. The van der Waals surface area contributed by atoms with Crippen LogP contribution in [0.2, 0.25) is 0 Å². The SMILES string of the molecule is O=S(=O)(NCCNCCCc1ccc(O)cc1)c1cc(-c2ccccc2)cc2cnccc12. The highest BCUT2D eigenvalue weighted by atomic mass is 32.2. The van der Waals surface area contributed by atoms with Crippen LogP contribution >= 0.6 is 0 Å². The van der Waals surface area contributed by atoms with Crippen molar-refractivity contribution in [3.05, 3.63) is 90.8 Å². The number of benzene rings is 3. The summed E-state index contributed by atoms with van der Waals surface area (Å²) in [5, 5.41) is 14.0. The number of fused-ring (bicyclic) bond motifs is 1. The molecule has 33 heavy (non-hydrogen) atoms. The summed E-state index contributed by atoms with van der Waals surface area (Å²) in [6, 6.07) is 22.3. The molecule has 0 amide bonds. The van der Waals surface area contributed by atoms with Gasteiger partial charge in [0, 0.05) is 36.3 Å². The highest BCUT2D eigenvalue weighted by molar-refractivity contribution is 7.89. The first-order valence-electron chi connectivity index (χ1n) is 10.9. The van der Waals surface area contributed by atoms with E-state index in [4.69, 9.17) is 0 Å². The summed E-state index contributed by atoms with van der Waals surface area (Å²) < 4.78 is 29.0. The van der Waals surface area contributed by atoms with Gasteiger partial charge in [-0.2, -0.15) is 0 Å². The normalized spacial score (nSPS) is 11.6. The summed E-state index contributed by atoms with van der Waals surface area (Å²) in [6.07, 6.45) is 5.12. The number of sulfonamides is 1. The average Bonchev–Trinajstić information content (AvgIpc) is 2.84. The summed E-state index contributed by atoms with van der Waals surface area (Å²) in [6.45, 7) is 1.61. The van der Waals surface area contributed by atoms with Crippen LogP contribution in [0.4, 0.5) is 0 Å². The van der Waals surface area contributed by atoms with Crippen molar-refractivity contribution in [3.63, 3.8) is 0 Å². The lowest BCUT2D eigenvalue weighted by molar-refractivity contribution is 0.475. The minimum atomic E-state index is -3.70. The van der Waals surface area contributed by atoms with Gasteiger partial charge in [-0.15, -0.1) is 0 Å². The fraction of sp³-hybridized carbons (Fsp3) is 0.192. The first-order chi connectivity index (χ1) is 16.0. The van der Waals surface area contributed by atoms with Gasteiger partial charge in [-0.3, -0.25) is 4.98 Å². The third-order valence-corrected chi connectivity index (χ3v) is 6.96. The van der Waals surface area contributed by atoms with Crippen molar-refractivity contribution < 1.29 is 13.5 Å². The molecule has 0 aliphatic carbocycles. The van der Waals surface area contributed by atoms with Crippen LogP contribution in [-0.4, -0.2) is 38.1 Å². The second-order valence-corrected chi connectivity index (χ2v) is 9.59. The minimum Gasteiger partial charge on any atom is -0.508 e. The van der Waals surface area contributed by atoms with Crippen LogP contribution in [0.5, 0.6) is 5.75 Å². The van der Waals surface area contributed by atoms with Crippen molar-refractivity contribution in [2.24, 2.45) is 0 Å². The molecule has 170 valence electrons. The Morgan fingerprint density at radius 3 is 2.42 bits per heavy atom. The molecule has 3 N–H and O–H groups in total. The molecule has 3 aromatic carbocycles. The number of pyridine rings is 1. The lowest BCUT2D eigenvalue weighted by atomic mass is 10.0. The maximum Gasteiger partial charge on any atom is 0.241 e.